The summed E-state index contributed by atoms with van der Waals surface area (Å²) in [4.78, 5) is 4.24. The molecule has 0 radical (unpaired) electrons. The number of oxazole rings is 1. The predicted molar refractivity (Wildman–Crippen MR) is 72.1 cm³/mol. The third-order valence-corrected chi connectivity index (χ3v) is 3.45. The molecule has 0 spiro atoms. The molecule has 1 unspecified atom stereocenters. The maximum absolute atomic E-state index is 5.97. The Morgan fingerprint density at radius 3 is 2.94 bits per heavy atom. The number of hydrogen-bond acceptors (Lipinski definition) is 3. The van der Waals surface area contributed by atoms with E-state index in [4.69, 9.17) is 16.0 Å². The Morgan fingerprint density at radius 2 is 2.24 bits per heavy atom. The smallest absolute Gasteiger partial charge is 0.211 e. The van der Waals surface area contributed by atoms with E-state index < -0.39 is 0 Å². The first-order valence-electron chi connectivity index (χ1n) is 5.20. The number of nitrogens with zero attached hydrogens (tertiary/aromatic N) is 1. The minimum atomic E-state index is 0.0849. The first kappa shape index (κ1) is 12.6. The largest absolute Gasteiger partial charge is 0.439 e. The monoisotopic (exact) mass is 314 g/mol. The molecule has 1 aromatic heterocycles. The Morgan fingerprint density at radius 1 is 1.47 bits per heavy atom. The molecule has 0 fully saturated rings. The minimum absolute atomic E-state index is 0.0849. The molecule has 2 rings (SSSR count). The third-order valence-electron chi connectivity index (χ3n) is 2.52. The van der Waals surface area contributed by atoms with Crippen molar-refractivity contribution in [1.29, 1.82) is 0 Å². The Bertz CT molecular complexity index is 527. The molecule has 1 N–H and O–H groups in total. The highest BCUT2D eigenvalue weighted by Gasteiger charge is 2.13. The van der Waals surface area contributed by atoms with Crippen molar-refractivity contribution in [3.8, 4) is 11.3 Å². The van der Waals surface area contributed by atoms with Gasteiger partial charge in [-0.1, -0.05) is 27.5 Å². The number of benzene rings is 1. The van der Waals surface area contributed by atoms with Crippen LogP contribution in [-0.2, 0) is 0 Å². The summed E-state index contributed by atoms with van der Waals surface area (Å²) in [5.41, 5.74) is 0.902. The number of rotatable bonds is 3. The van der Waals surface area contributed by atoms with Crippen LogP contribution in [0.2, 0.25) is 5.02 Å². The number of nitrogens with one attached hydrogen (secondary N) is 1. The molecule has 3 nitrogen and oxygen atoms in total. The van der Waals surface area contributed by atoms with E-state index in [0.29, 0.717) is 16.7 Å². The van der Waals surface area contributed by atoms with Gasteiger partial charge in [-0.3, -0.25) is 0 Å². The molecule has 90 valence electrons. The fraction of sp³-hybridized carbons (Fsp3) is 0.250. The van der Waals surface area contributed by atoms with Crippen LogP contribution in [0.25, 0.3) is 11.3 Å². The maximum Gasteiger partial charge on any atom is 0.211 e. The Balaban J connectivity index is 2.40. The van der Waals surface area contributed by atoms with E-state index >= 15 is 0 Å². The van der Waals surface area contributed by atoms with E-state index in [9.17, 15) is 0 Å². The lowest BCUT2D eigenvalue weighted by Crippen LogP contribution is -2.12. The molecule has 5 heteroatoms. The molecule has 0 bridgehead atoms. The second kappa shape index (κ2) is 5.21. The van der Waals surface area contributed by atoms with Gasteiger partial charge < -0.3 is 9.73 Å². The summed E-state index contributed by atoms with van der Waals surface area (Å²) in [6.45, 7) is 1.99. The lowest BCUT2D eigenvalue weighted by molar-refractivity contribution is 0.441. The standard InChI is InChI=1S/C12H12BrClN2O/c1-7(15-2)12-16-6-11(17-12)9-5-8(14)3-4-10(9)13/h3-7,15H,1-2H3. The van der Waals surface area contributed by atoms with Crippen molar-refractivity contribution < 1.29 is 4.42 Å². The Labute approximate surface area is 113 Å². The molecular formula is C12H12BrClN2O. The van der Waals surface area contributed by atoms with Gasteiger partial charge in [-0.25, -0.2) is 4.98 Å². The van der Waals surface area contributed by atoms with Crippen molar-refractivity contribution in [3.63, 3.8) is 0 Å². The van der Waals surface area contributed by atoms with Gasteiger partial charge in [0.15, 0.2) is 5.76 Å². The van der Waals surface area contributed by atoms with Gasteiger partial charge in [0, 0.05) is 15.1 Å². The molecule has 0 saturated carbocycles. The van der Waals surface area contributed by atoms with Crippen molar-refractivity contribution in [2.45, 2.75) is 13.0 Å². The van der Waals surface area contributed by atoms with Crippen LogP contribution in [0.4, 0.5) is 0 Å². The summed E-state index contributed by atoms with van der Waals surface area (Å²) in [7, 11) is 1.86. The Hall–Kier alpha value is -0.840. The van der Waals surface area contributed by atoms with Crippen LogP contribution in [0.1, 0.15) is 18.9 Å². The van der Waals surface area contributed by atoms with Crippen LogP contribution in [0, 0.1) is 0 Å². The fourth-order valence-electron chi connectivity index (χ4n) is 1.42. The van der Waals surface area contributed by atoms with E-state index in [2.05, 4.69) is 26.2 Å². The van der Waals surface area contributed by atoms with E-state index in [0.717, 1.165) is 10.0 Å². The van der Waals surface area contributed by atoms with Gasteiger partial charge in [-0.05, 0) is 32.2 Å². The first-order valence-corrected chi connectivity index (χ1v) is 6.37. The van der Waals surface area contributed by atoms with E-state index in [1.807, 2.05) is 32.2 Å². The van der Waals surface area contributed by atoms with Crippen LogP contribution in [-0.4, -0.2) is 12.0 Å². The van der Waals surface area contributed by atoms with Crippen molar-refractivity contribution in [3.05, 3.63) is 39.8 Å². The minimum Gasteiger partial charge on any atom is -0.439 e. The van der Waals surface area contributed by atoms with Crippen molar-refractivity contribution in [1.82, 2.24) is 10.3 Å². The summed E-state index contributed by atoms with van der Waals surface area (Å²) in [6, 6.07) is 5.64. The van der Waals surface area contributed by atoms with Gasteiger partial charge in [0.2, 0.25) is 5.89 Å². The van der Waals surface area contributed by atoms with Crippen molar-refractivity contribution in [2.75, 3.05) is 7.05 Å². The average molecular weight is 316 g/mol. The zero-order chi connectivity index (χ0) is 12.4. The third kappa shape index (κ3) is 2.70. The van der Waals surface area contributed by atoms with Crippen molar-refractivity contribution >= 4 is 27.5 Å². The predicted octanol–water partition coefficient (Wildman–Crippen LogP) is 4.04. The van der Waals surface area contributed by atoms with E-state index in [-0.39, 0.29) is 6.04 Å². The fourth-order valence-corrected chi connectivity index (χ4v) is 2.04. The number of aromatic nitrogens is 1. The summed E-state index contributed by atoms with van der Waals surface area (Å²) in [5.74, 6) is 1.37. The zero-order valence-electron chi connectivity index (χ0n) is 9.50. The molecule has 0 aliphatic rings. The maximum atomic E-state index is 5.97. The summed E-state index contributed by atoms with van der Waals surface area (Å²) in [5, 5.41) is 3.75. The topological polar surface area (TPSA) is 38.1 Å². The summed E-state index contributed by atoms with van der Waals surface area (Å²) in [6.07, 6.45) is 1.71. The molecule has 1 atom stereocenters. The zero-order valence-corrected chi connectivity index (χ0v) is 11.8. The Kier molecular flexibility index (Phi) is 3.86. The van der Waals surface area contributed by atoms with Crippen LogP contribution in [0.15, 0.2) is 33.3 Å². The summed E-state index contributed by atoms with van der Waals surface area (Å²) < 4.78 is 6.63. The highest BCUT2D eigenvalue weighted by Crippen LogP contribution is 2.32. The molecule has 0 aliphatic carbocycles. The van der Waals surface area contributed by atoms with E-state index in [1.54, 1.807) is 6.20 Å². The number of halogens is 2. The molecule has 0 saturated heterocycles. The molecule has 1 aromatic carbocycles. The lowest BCUT2D eigenvalue weighted by Gasteiger charge is -2.04. The van der Waals surface area contributed by atoms with Crippen LogP contribution >= 0.6 is 27.5 Å². The van der Waals surface area contributed by atoms with Crippen LogP contribution in [0.3, 0.4) is 0 Å². The van der Waals surface area contributed by atoms with Crippen LogP contribution < -0.4 is 5.32 Å². The van der Waals surface area contributed by atoms with E-state index in [1.165, 1.54) is 0 Å². The average Bonchev–Trinajstić information content (AvgIpc) is 2.80. The molecule has 2 aromatic rings. The summed E-state index contributed by atoms with van der Waals surface area (Å²) >= 11 is 9.44. The molecular weight excluding hydrogens is 304 g/mol. The quantitative estimate of drug-likeness (QED) is 0.929. The number of hydrogen-bond donors (Lipinski definition) is 1. The molecule has 17 heavy (non-hydrogen) atoms. The van der Waals surface area contributed by atoms with Gasteiger partial charge in [-0.15, -0.1) is 0 Å². The second-order valence-corrected chi connectivity index (χ2v) is 4.99. The molecule has 1 heterocycles. The van der Waals surface area contributed by atoms with Crippen LogP contribution in [0.5, 0.6) is 0 Å². The first-order chi connectivity index (χ1) is 8.11. The van der Waals surface area contributed by atoms with Gasteiger partial charge in [0.25, 0.3) is 0 Å². The van der Waals surface area contributed by atoms with Gasteiger partial charge >= 0.3 is 0 Å². The normalized spacial score (nSPS) is 12.7. The highest BCUT2D eigenvalue weighted by atomic mass is 79.9. The van der Waals surface area contributed by atoms with Gasteiger partial charge in [-0.2, -0.15) is 0 Å². The second-order valence-electron chi connectivity index (χ2n) is 3.70. The molecule has 0 aliphatic heterocycles. The SMILES string of the molecule is CNC(C)c1ncc(-c2cc(Cl)ccc2Br)o1. The van der Waals surface area contributed by atoms with Crippen molar-refractivity contribution in [2.24, 2.45) is 0 Å². The van der Waals surface area contributed by atoms with Gasteiger partial charge in [0.1, 0.15) is 0 Å². The van der Waals surface area contributed by atoms with Gasteiger partial charge in [0.05, 0.1) is 12.2 Å². The molecule has 0 amide bonds. The lowest BCUT2D eigenvalue weighted by atomic mass is 10.2. The highest BCUT2D eigenvalue weighted by molar-refractivity contribution is 9.10.